The van der Waals surface area contributed by atoms with Gasteiger partial charge in [0.05, 0.1) is 18.1 Å². The third kappa shape index (κ3) is 2.46. The molecule has 8 heteroatoms. The van der Waals surface area contributed by atoms with Crippen LogP contribution in [0.1, 0.15) is 17.9 Å². The van der Waals surface area contributed by atoms with E-state index in [-0.39, 0.29) is 47.8 Å². The molecule has 3 heterocycles. The van der Waals surface area contributed by atoms with Crippen LogP contribution in [0.25, 0.3) is 0 Å². The zero-order valence-electron chi connectivity index (χ0n) is 10.7. The van der Waals surface area contributed by atoms with Gasteiger partial charge in [0, 0.05) is 12.1 Å². The largest absolute Gasteiger partial charge is 0.470 e. The second kappa shape index (κ2) is 4.87. The van der Waals surface area contributed by atoms with Crippen molar-refractivity contribution in [1.82, 2.24) is 4.90 Å². The van der Waals surface area contributed by atoms with Crippen molar-refractivity contribution in [3.63, 3.8) is 0 Å². The van der Waals surface area contributed by atoms with E-state index in [1.165, 1.54) is 6.07 Å². The Morgan fingerprint density at radius 2 is 2.25 bits per heavy atom. The molecular weight excluding hydrogens is 286 g/mol. The minimum absolute atomic E-state index is 0.107. The second-order valence-electron chi connectivity index (χ2n) is 5.06. The predicted octanol–water partition coefficient (Wildman–Crippen LogP) is -0.529. The van der Waals surface area contributed by atoms with Crippen LogP contribution in [0, 0.1) is 0 Å². The van der Waals surface area contributed by atoms with Crippen molar-refractivity contribution in [3.8, 4) is 5.75 Å². The van der Waals surface area contributed by atoms with E-state index in [0.29, 0.717) is 18.7 Å². The van der Waals surface area contributed by atoms with Gasteiger partial charge in [-0.1, -0.05) is 0 Å². The van der Waals surface area contributed by atoms with Gasteiger partial charge < -0.3 is 14.3 Å². The quantitative estimate of drug-likeness (QED) is 0.784. The van der Waals surface area contributed by atoms with Gasteiger partial charge in [-0.15, -0.1) is 0 Å². The highest BCUT2D eigenvalue weighted by Gasteiger charge is 2.35. The molecule has 1 saturated heterocycles. The van der Waals surface area contributed by atoms with E-state index in [0.717, 1.165) is 0 Å². The Bertz CT molecular complexity index is 680. The van der Waals surface area contributed by atoms with Gasteiger partial charge in [0.1, 0.15) is 19.1 Å². The molecule has 0 saturated carbocycles. The number of fused-ring (bicyclic) bond motifs is 1. The Labute approximate surface area is 115 Å². The first-order chi connectivity index (χ1) is 9.48. The zero-order chi connectivity index (χ0) is 14.3. The maximum atomic E-state index is 11.8. The summed E-state index contributed by atoms with van der Waals surface area (Å²) in [6, 6.07) is 1.09. The molecule has 0 bridgehead atoms. The van der Waals surface area contributed by atoms with E-state index in [2.05, 4.69) is 0 Å². The van der Waals surface area contributed by atoms with Crippen LogP contribution < -0.4 is 10.2 Å². The smallest absolute Gasteiger partial charge is 0.227 e. The Hall–Kier alpha value is -1.38. The number of hydrogen-bond acceptors (Lipinski definition) is 7. The maximum Gasteiger partial charge on any atom is 0.227 e. The topological polar surface area (TPSA) is 97.1 Å². The average Bonchev–Trinajstić information content (AvgIpc) is 2.78. The lowest BCUT2D eigenvalue weighted by molar-refractivity contribution is 0.0471. The first kappa shape index (κ1) is 13.6. The molecule has 0 radical (unpaired) electrons. The van der Waals surface area contributed by atoms with Crippen LogP contribution in [-0.4, -0.2) is 42.7 Å². The summed E-state index contributed by atoms with van der Waals surface area (Å²) >= 11 is 0. The highest BCUT2D eigenvalue weighted by atomic mass is 32.2. The summed E-state index contributed by atoms with van der Waals surface area (Å²) in [6.45, 7) is 0.134. The van der Waals surface area contributed by atoms with Crippen LogP contribution in [0.5, 0.6) is 5.75 Å². The van der Waals surface area contributed by atoms with Gasteiger partial charge in [-0.05, 0) is 6.42 Å². The lowest BCUT2D eigenvalue weighted by atomic mass is 10.2. The third-order valence-corrected chi connectivity index (χ3v) is 5.38. The number of hydrogen-bond donors (Lipinski definition) is 1. The summed E-state index contributed by atoms with van der Waals surface area (Å²) in [7, 11) is -2.97. The van der Waals surface area contributed by atoms with E-state index in [9.17, 15) is 13.2 Å². The lowest BCUT2D eigenvalue weighted by Crippen LogP contribution is -2.42. The maximum absolute atomic E-state index is 11.8. The third-order valence-electron chi connectivity index (χ3n) is 3.63. The number of aliphatic hydroxyl groups is 1. The standard InChI is InChI=1S/C12H15NO6S/c14-5-9-3-10(15)12-11(19-9)4-13(7-18-12)8-1-2-20(16,17)6-8/h3,8,14H,1-2,4-7H2/t8-/m1/s1. The molecule has 110 valence electrons. The summed E-state index contributed by atoms with van der Waals surface area (Å²) in [5.41, 5.74) is -0.325. The first-order valence-electron chi connectivity index (χ1n) is 6.32. The molecule has 0 unspecified atom stereocenters. The van der Waals surface area contributed by atoms with E-state index >= 15 is 0 Å². The second-order valence-corrected chi connectivity index (χ2v) is 7.29. The van der Waals surface area contributed by atoms with Crippen molar-refractivity contribution in [1.29, 1.82) is 0 Å². The molecule has 2 aliphatic rings. The average molecular weight is 301 g/mol. The number of sulfone groups is 1. The molecule has 3 rings (SSSR count). The van der Waals surface area contributed by atoms with Crippen molar-refractivity contribution in [3.05, 3.63) is 27.8 Å². The van der Waals surface area contributed by atoms with Gasteiger partial charge >= 0.3 is 0 Å². The fourth-order valence-corrected chi connectivity index (χ4v) is 4.35. The van der Waals surface area contributed by atoms with Gasteiger partial charge in [0.15, 0.2) is 15.6 Å². The van der Waals surface area contributed by atoms with E-state index in [1.807, 2.05) is 4.90 Å². The van der Waals surface area contributed by atoms with Gasteiger partial charge in [0.2, 0.25) is 11.2 Å². The van der Waals surface area contributed by atoms with Crippen molar-refractivity contribution in [2.75, 3.05) is 18.2 Å². The van der Waals surface area contributed by atoms with E-state index < -0.39 is 9.84 Å². The van der Waals surface area contributed by atoms with Crippen LogP contribution in [0.4, 0.5) is 0 Å². The van der Waals surface area contributed by atoms with Crippen LogP contribution in [0.2, 0.25) is 0 Å². The number of aliphatic hydroxyl groups excluding tert-OH is 1. The number of ether oxygens (including phenoxy) is 1. The molecule has 20 heavy (non-hydrogen) atoms. The van der Waals surface area contributed by atoms with Gasteiger partial charge in [-0.25, -0.2) is 8.42 Å². The SMILES string of the molecule is O=c1cc(CO)oc2c1OCN([C@@H]1CCS(=O)(=O)C1)C2. The Morgan fingerprint density at radius 3 is 2.90 bits per heavy atom. The molecule has 0 aliphatic carbocycles. The molecule has 1 aromatic heterocycles. The molecule has 1 N–H and O–H groups in total. The normalized spacial score (nSPS) is 25.1. The summed E-state index contributed by atoms with van der Waals surface area (Å²) in [4.78, 5) is 13.6. The van der Waals surface area contributed by atoms with Crippen molar-refractivity contribution in [2.45, 2.75) is 25.6 Å². The van der Waals surface area contributed by atoms with Crippen LogP contribution in [-0.2, 0) is 23.0 Å². The summed E-state index contributed by atoms with van der Waals surface area (Å²) in [6.07, 6.45) is 0.560. The molecular formula is C12H15NO6S. The molecule has 2 aliphatic heterocycles. The number of nitrogens with zero attached hydrogens (tertiary/aromatic N) is 1. The first-order valence-corrected chi connectivity index (χ1v) is 8.15. The Kier molecular flexibility index (Phi) is 3.31. The molecule has 1 aromatic rings. The van der Waals surface area contributed by atoms with Crippen LogP contribution in [0.3, 0.4) is 0 Å². The minimum atomic E-state index is -2.97. The summed E-state index contributed by atoms with van der Waals surface area (Å²) in [5, 5.41) is 9.04. The monoisotopic (exact) mass is 301 g/mol. The molecule has 7 nitrogen and oxygen atoms in total. The molecule has 1 atom stereocenters. The minimum Gasteiger partial charge on any atom is -0.470 e. The highest BCUT2D eigenvalue weighted by molar-refractivity contribution is 7.91. The number of rotatable bonds is 2. The predicted molar refractivity (Wildman–Crippen MR) is 69.0 cm³/mol. The highest BCUT2D eigenvalue weighted by Crippen LogP contribution is 2.27. The van der Waals surface area contributed by atoms with E-state index in [1.54, 1.807) is 0 Å². The zero-order valence-corrected chi connectivity index (χ0v) is 11.6. The summed E-state index contributed by atoms with van der Waals surface area (Å²) < 4.78 is 33.8. The summed E-state index contributed by atoms with van der Waals surface area (Å²) in [5.74, 6) is 0.965. The molecule has 0 amide bonds. The van der Waals surface area contributed by atoms with Gasteiger partial charge in [-0.3, -0.25) is 9.69 Å². The van der Waals surface area contributed by atoms with Crippen LogP contribution >= 0.6 is 0 Å². The van der Waals surface area contributed by atoms with Gasteiger partial charge in [-0.2, -0.15) is 0 Å². The molecule has 0 aromatic carbocycles. The fraction of sp³-hybridized carbons (Fsp3) is 0.583. The fourth-order valence-electron chi connectivity index (χ4n) is 2.59. The van der Waals surface area contributed by atoms with Crippen molar-refractivity contribution < 1.29 is 22.7 Å². The van der Waals surface area contributed by atoms with Crippen molar-refractivity contribution >= 4 is 9.84 Å². The van der Waals surface area contributed by atoms with Crippen LogP contribution in [0.15, 0.2) is 15.3 Å². The van der Waals surface area contributed by atoms with Crippen molar-refractivity contribution in [2.24, 2.45) is 0 Å². The molecule has 0 spiro atoms. The van der Waals surface area contributed by atoms with E-state index in [4.69, 9.17) is 14.3 Å². The lowest BCUT2D eigenvalue weighted by Gasteiger charge is -2.31. The Balaban J connectivity index is 1.85. The molecule has 1 fully saturated rings. The Morgan fingerprint density at radius 1 is 1.45 bits per heavy atom. The van der Waals surface area contributed by atoms with Gasteiger partial charge in [0.25, 0.3) is 0 Å².